The first kappa shape index (κ1) is 28.9. The molecular formula is C24H24Cl3F3N2O3. The molecule has 0 spiro atoms. The molecule has 0 bridgehead atoms. The molecule has 0 unspecified atom stereocenters. The molecule has 5 nitrogen and oxygen atoms in total. The molecule has 0 fully saturated rings. The summed E-state index contributed by atoms with van der Waals surface area (Å²) in [4.78, 5) is 37.4. The highest BCUT2D eigenvalue weighted by molar-refractivity contribution is 6.34. The Kier molecular flexibility index (Phi) is 10.4. The molecule has 0 saturated carbocycles. The normalized spacial score (nSPS) is 13.3. The van der Waals surface area contributed by atoms with Crippen molar-refractivity contribution in [1.29, 1.82) is 0 Å². The summed E-state index contributed by atoms with van der Waals surface area (Å²) in [5.41, 5.74) is 1.27. The van der Waals surface area contributed by atoms with E-state index >= 15 is 0 Å². The Labute approximate surface area is 216 Å². The van der Waals surface area contributed by atoms with E-state index in [1.165, 1.54) is 13.8 Å². The predicted octanol–water partition coefficient (Wildman–Crippen LogP) is 5.58. The van der Waals surface area contributed by atoms with Gasteiger partial charge in [0.25, 0.3) is 5.78 Å². The summed E-state index contributed by atoms with van der Waals surface area (Å²) in [5.74, 6) is -4.33. The van der Waals surface area contributed by atoms with Gasteiger partial charge in [-0.15, -0.1) is 0 Å². The number of hydrogen-bond acceptors (Lipinski definition) is 3. The third-order valence-electron chi connectivity index (χ3n) is 5.07. The van der Waals surface area contributed by atoms with Crippen molar-refractivity contribution in [2.75, 3.05) is 0 Å². The van der Waals surface area contributed by atoms with Gasteiger partial charge in [0.2, 0.25) is 11.8 Å². The molecule has 0 saturated heterocycles. The third-order valence-corrected chi connectivity index (χ3v) is 5.74. The first-order chi connectivity index (χ1) is 16.3. The summed E-state index contributed by atoms with van der Waals surface area (Å²) >= 11 is 17.9. The van der Waals surface area contributed by atoms with Gasteiger partial charge in [0.05, 0.1) is 6.04 Å². The number of alkyl halides is 3. The number of aryl methyl sites for hydroxylation is 1. The van der Waals surface area contributed by atoms with Gasteiger partial charge in [-0.1, -0.05) is 60.8 Å². The Morgan fingerprint density at radius 1 is 0.886 bits per heavy atom. The van der Waals surface area contributed by atoms with Crippen LogP contribution < -0.4 is 10.6 Å². The molecule has 0 aromatic heterocycles. The van der Waals surface area contributed by atoms with Crippen molar-refractivity contribution in [1.82, 2.24) is 10.6 Å². The lowest BCUT2D eigenvalue weighted by molar-refractivity contribution is -0.175. The smallest absolute Gasteiger partial charge is 0.344 e. The summed E-state index contributed by atoms with van der Waals surface area (Å²) in [6, 6.07) is 8.29. The van der Waals surface area contributed by atoms with Crippen molar-refractivity contribution in [2.45, 2.75) is 51.4 Å². The van der Waals surface area contributed by atoms with Crippen LogP contribution in [-0.4, -0.2) is 35.9 Å². The molecule has 2 N–H and O–H groups in total. The molecular weight excluding hydrogens is 528 g/mol. The van der Waals surface area contributed by atoms with Crippen molar-refractivity contribution >= 4 is 52.4 Å². The maximum atomic E-state index is 13.0. The molecule has 0 heterocycles. The number of benzene rings is 2. The lowest BCUT2D eigenvalue weighted by Crippen LogP contribution is -2.56. The van der Waals surface area contributed by atoms with E-state index in [1.807, 2.05) is 0 Å². The van der Waals surface area contributed by atoms with Gasteiger partial charge < -0.3 is 10.6 Å². The molecule has 2 aromatic rings. The van der Waals surface area contributed by atoms with Crippen LogP contribution in [0, 0.1) is 5.92 Å². The Morgan fingerprint density at radius 3 is 2.03 bits per heavy atom. The monoisotopic (exact) mass is 550 g/mol. The fraction of sp³-hybridized carbons (Fsp3) is 0.375. The molecule has 0 aliphatic rings. The van der Waals surface area contributed by atoms with Crippen molar-refractivity contribution < 1.29 is 27.6 Å². The molecule has 0 aliphatic carbocycles. The van der Waals surface area contributed by atoms with Crippen LogP contribution in [0.5, 0.6) is 0 Å². The number of ketones is 1. The minimum absolute atomic E-state index is 0.0366. The predicted molar refractivity (Wildman–Crippen MR) is 130 cm³/mol. The first-order valence-corrected chi connectivity index (χ1v) is 11.8. The SMILES string of the molecule is CC(C)[C@H](NC(=O)[C@H](Cc1cccc(Cl)c1)NC(=O)CCc1cc(Cl)cc(Cl)c1)C(=O)C(F)(F)F. The molecule has 2 atom stereocenters. The average molecular weight is 552 g/mol. The zero-order valence-electron chi connectivity index (χ0n) is 18.9. The molecule has 190 valence electrons. The number of Topliss-reactive ketones (excluding diaryl/α,β-unsaturated/α-hetero) is 1. The summed E-state index contributed by atoms with van der Waals surface area (Å²) < 4.78 is 39.1. The van der Waals surface area contributed by atoms with E-state index in [0.717, 1.165) is 0 Å². The molecule has 11 heteroatoms. The lowest BCUT2D eigenvalue weighted by Gasteiger charge is -2.26. The molecule has 0 aliphatic heterocycles. The standard InChI is InChI=1S/C24H24Cl3F3N2O3/c1-13(2)21(22(34)24(28,29)30)32-23(35)19(11-14-4-3-5-16(25)8-14)31-20(33)7-6-15-9-17(26)12-18(27)10-15/h3-5,8-10,12-13,19,21H,6-7,11H2,1-2H3,(H,31,33)(H,32,35)/t19-,21-/m0/s1. The van der Waals surface area contributed by atoms with Crippen molar-refractivity contribution in [3.63, 3.8) is 0 Å². The highest BCUT2D eigenvalue weighted by atomic mass is 35.5. The van der Waals surface area contributed by atoms with Crippen LogP contribution >= 0.6 is 34.8 Å². The van der Waals surface area contributed by atoms with Crippen molar-refractivity contribution in [3.05, 3.63) is 68.7 Å². The number of halogens is 6. The molecule has 0 radical (unpaired) electrons. The van der Waals surface area contributed by atoms with Crippen LogP contribution in [0.4, 0.5) is 13.2 Å². The average Bonchev–Trinajstić information content (AvgIpc) is 2.73. The lowest BCUT2D eigenvalue weighted by atomic mass is 9.98. The number of hydrogen-bond donors (Lipinski definition) is 2. The summed E-state index contributed by atoms with van der Waals surface area (Å²) in [5, 5.41) is 5.91. The second-order valence-corrected chi connectivity index (χ2v) is 9.63. The van der Waals surface area contributed by atoms with E-state index in [1.54, 1.807) is 42.5 Å². The van der Waals surface area contributed by atoms with Crippen LogP contribution in [0.15, 0.2) is 42.5 Å². The highest BCUT2D eigenvalue weighted by Gasteiger charge is 2.45. The summed E-state index contributed by atoms with van der Waals surface area (Å²) in [7, 11) is 0. The Morgan fingerprint density at radius 2 is 1.49 bits per heavy atom. The van der Waals surface area contributed by atoms with E-state index in [0.29, 0.717) is 26.2 Å². The van der Waals surface area contributed by atoms with E-state index < -0.39 is 41.8 Å². The van der Waals surface area contributed by atoms with E-state index in [4.69, 9.17) is 34.8 Å². The van der Waals surface area contributed by atoms with Gasteiger partial charge in [-0.05, 0) is 53.8 Å². The van der Waals surface area contributed by atoms with Gasteiger partial charge in [0, 0.05) is 27.9 Å². The highest BCUT2D eigenvalue weighted by Crippen LogP contribution is 2.22. The topological polar surface area (TPSA) is 75.3 Å². The Balaban J connectivity index is 2.19. The molecule has 35 heavy (non-hydrogen) atoms. The van der Waals surface area contributed by atoms with Gasteiger partial charge in [-0.25, -0.2) is 0 Å². The maximum Gasteiger partial charge on any atom is 0.452 e. The van der Waals surface area contributed by atoms with Crippen molar-refractivity contribution in [3.8, 4) is 0 Å². The van der Waals surface area contributed by atoms with E-state index in [-0.39, 0.29) is 19.3 Å². The fourth-order valence-electron chi connectivity index (χ4n) is 3.35. The summed E-state index contributed by atoms with van der Waals surface area (Å²) in [6.07, 6.45) is -4.94. The third kappa shape index (κ3) is 9.35. The van der Waals surface area contributed by atoms with E-state index in [2.05, 4.69) is 10.6 Å². The Hall–Kier alpha value is -2.29. The van der Waals surface area contributed by atoms with Crippen LogP contribution in [0.3, 0.4) is 0 Å². The van der Waals surface area contributed by atoms with Gasteiger partial charge in [-0.2, -0.15) is 13.2 Å². The quantitative estimate of drug-likeness (QED) is 0.405. The number of carbonyl (C=O) groups excluding carboxylic acids is 3. The number of carbonyl (C=O) groups is 3. The van der Waals surface area contributed by atoms with Crippen LogP contribution in [-0.2, 0) is 27.2 Å². The van der Waals surface area contributed by atoms with Crippen LogP contribution in [0.2, 0.25) is 15.1 Å². The second kappa shape index (κ2) is 12.6. The summed E-state index contributed by atoms with van der Waals surface area (Å²) in [6.45, 7) is 2.77. The second-order valence-electron chi connectivity index (χ2n) is 8.32. The van der Waals surface area contributed by atoms with Gasteiger partial charge in [0.15, 0.2) is 0 Å². The van der Waals surface area contributed by atoms with Crippen LogP contribution in [0.25, 0.3) is 0 Å². The zero-order valence-corrected chi connectivity index (χ0v) is 21.2. The number of amides is 2. The zero-order chi connectivity index (χ0) is 26.3. The Bertz CT molecular complexity index is 1060. The molecule has 2 rings (SSSR count). The minimum atomic E-state index is -5.12. The first-order valence-electron chi connectivity index (χ1n) is 10.7. The van der Waals surface area contributed by atoms with Gasteiger partial charge >= 0.3 is 6.18 Å². The van der Waals surface area contributed by atoms with E-state index in [9.17, 15) is 27.6 Å². The number of rotatable bonds is 10. The largest absolute Gasteiger partial charge is 0.452 e. The van der Waals surface area contributed by atoms with Gasteiger partial charge in [0.1, 0.15) is 6.04 Å². The van der Waals surface area contributed by atoms with Crippen molar-refractivity contribution in [2.24, 2.45) is 5.92 Å². The van der Waals surface area contributed by atoms with Crippen LogP contribution in [0.1, 0.15) is 31.4 Å². The van der Waals surface area contributed by atoms with Gasteiger partial charge in [-0.3, -0.25) is 14.4 Å². The molecule has 2 aromatic carbocycles. The number of nitrogens with one attached hydrogen (secondary N) is 2. The molecule has 2 amide bonds. The minimum Gasteiger partial charge on any atom is -0.344 e. The maximum absolute atomic E-state index is 13.0. The fourth-order valence-corrected chi connectivity index (χ4v) is 4.14.